The molecule has 6 heteroatoms. The van der Waals surface area contributed by atoms with Crippen LogP contribution in [0.2, 0.25) is 0 Å². The van der Waals surface area contributed by atoms with Gasteiger partial charge in [-0.1, -0.05) is 55.8 Å². The number of aromatic nitrogens is 1. The van der Waals surface area contributed by atoms with E-state index in [9.17, 15) is 9.59 Å². The number of carbonyl (C=O) groups is 2. The fraction of sp³-hybridized carbons (Fsp3) is 0.371. The van der Waals surface area contributed by atoms with Crippen LogP contribution in [0.4, 0.5) is 0 Å². The lowest BCUT2D eigenvalue weighted by Gasteiger charge is -2.15. The number of aryl methyl sites for hydroxylation is 2. The van der Waals surface area contributed by atoms with Crippen molar-refractivity contribution in [1.82, 2.24) is 9.88 Å². The summed E-state index contributed by atoms with van der Waals surface area (Å²) in [4.78, 5) is 25.2. The van der Waals surface area contributed by atoms with Crippen LogP contribution in [-0.2, 0) is 29.4 Å². The lowest BCUT2D eigenvalue weighted by molar-refractivity contribution is -0.150. The largest absolute Gasteiger partial charge is 0.479 e. The van der Waals surface area contributed by atoms with E-state index in [-0.39, 0.29) is 17.9 Å². The Morgan fingerprint density at radius 2 is 1.71 bits per heavy atom. The van der Waals surface area contributed by atoms with Gasteiger partial charge in [0.25, 0.3) is 5.91 Å². The quantitative estimate of drug-likeness (QED) is 0.187. The number of hydrogen-bond acceptors (Lipinski definition) is 4. The summed E-state index contributed by atoms with van der Waals surface area (Å²) in [5.74, 6) is 0.164. The molecule has 0 aliphatic rings. The van der Waals surface area contributed by atoms with Gasteiger partial charge in [0.2, 0.25) is 0 Å². The number of amides is 1. The molecule has 0 saturated carbocycles. The van der Waals surface area contributed by atoms with Crippen LogP contribution in [0.3, 0.4) is 0 Å². The van der Waals surface area contributed by atoms with Crippen molar-refractivity contribution in [3.8, 4) is 5.75 Å². The Bertz CT molecular complexity index is 1500. The molecular weight excluding hydrogens is 512 g/mol. The minimum Gasteiger partial charge on any atom is -0.479 e. The maximum Gasteiger partial charge on any atom is 0.347 e. The Kier molecular flexibility index (Phi) is 9.87. The molecule has 0 aliphatic carbocycles. The molecular formula is C35H42N2O4. The smallest absolute Gasteiger partial charge is 0.347 e. The number of benzene rings is 3. The summed E-state index contributed by atoms with van der Waals surface area (Å²) < 4.78 is 13.0. The number of nitrogens with one attached hydrogen (secondary N) is 1. The van der Waals surface area contributed by atoms with Gasteiger partial charge in [0.05, 0.1) is 12.6 Å². The molecule has 216 valence electrons. The number of carbonyl (C=O) groups excluding carboxylic acids is 2. The average Bonchev–Trinajstić information content (AvgIpc) is 3.20. The highest BCUT2D eigenvalue weighted by atomic mass is 16.6. The van der Waals surface area contributed by atoms with E-state index in [0.29, 0.717) is 24.3 Å². The molecule has 4 rings (SSSR count). The third kappa shape index (κ3) is 7.18. The summed E-state index contributed by atoms with van der Waals surface area (Å²) in [6, 6.07) is 22.2. The summed E-state index contributed by atoms with van der Waals surface area (Å²) >= 11 is 0. The van der Waals surface area contributed by atoms with Gasteiger partial charge in [0, 0.05) is 29.2 Å². The standard InChI is InChI=1S/C35H42N2O4/c1-7-9-11-26-14-16-28(17-15-26)23(3)36-34(38)29-18-19-31-32(24(4)37(6)33(31)22-29)21-27-12-10-13-30(20-27)41-25(5)35(39)40-8-2/h10,12-20,22-23,25H,7-9,11,21H2,1-6H3,(H,36,38)/t23-,25?/m0/s1. The molecule has 0 fully saturated rings. The van der Waals surface area contributed by atoms with E-state index in [1.807, 2.05) is 50.4 Å². The molecule has 0 radical (unpaired) electrons. The van der Waals surface area contributed by atoms with Crippen molar-refractivity contribution in [3.05, 3.63) is 100 Å². The highest BCUT2D eigenvalue weighted by Crippen LogP contribution is 2.29. The Labute approximate surface area is 243 Å². The number of esters is 1. The van der Waals surface area contributed by atoms with Gasteiger partial charge < -0.3 is 19.4 Å². The summed E-state index contributed by atoms with van der Waals surface area (Å²) in [7, 11) is 2.03. The van der Waals surface area contributed by atoms with Gasteiger partial charge >= 0.3 is 5.97 Å². The molecule has 1 aromatic heterocycles. The zero-order valence-corrected chi connectivity index (χ0v) is 25.1. The number of fused-ring (bicyclic) bond motifs is 1. The molecule has 1 heterocycles. The molecule has 1 unspecified atom stereocenters. The first kappa shape index (κ1) is 29.9. The molecule has 4 aromatic rings. The van der Waals surface area contributed by atoms with Crippen molar-refractivity contribution in [3.63, 3.8) is 0 Å². The monoisotopic (exact) mass is 554 g/mol. The maximum atomic E-state index is 13.2. The van der Waals surface area contributed by atoms with Crippen LogP contribution in [0.5, 0.6) is 5.75 Å². The van der Waals surface area contributed by atoms with Gasteiger partial charge in [0.1, 0.15) is 5.75 Å². The van der Waals surface area contributed by atoms with Crippen molar-refractivity contribution in [1.29, 1.82) is 0 Å². The summed E-state index contributed by atoms with van der Waals surface area (Å²) in [6.45, 7) is 10.1. The van der Waals surface area contributed by atoms with Crippen LogP contribution in [0, 0.1) is 6.92 Å². The average molecular weight is 555 g/mol. The van der Waals surface area contributed by atoms with Crippen LogP contribution in [0.25, 0.3) is 10.9 Å². The van der Waals surface area contributed by atoms with E-state index in [1.165, 1.54) is 24.0 Å². The molecule has 0 bridgehead atoms. The van der Waals surface area contributed by atoms with E-state index in [1.54, 1.807) is 13.8 Å². The normalized spacial score (nSPS) is 12.6. The van der Waals surface area contributed by atoms with Gasteiger partial charge in [-0.05, 0) is 93.5 Å². The Morgan fingerprint density at radius 1 is 0.951 bits per heavy atom. The lowest BCUT2D eigenvalue weighted by atomic mass is 10.0. The maximum absolute atomic E-state index is 13.2. The first-order valence-corrected chi connectivity index (χ1v) is 14.6. The predicted octanol–water partition coefficient (Wildman–Crippen LogP) is 7.24. The fourth-order valence-electron chi connectivity index (χ4n) is 5.17. The SMILES string of the molecule is CCCCc1ccc([C@H](C)NC(=O)c2ccc3c(Cc4cccc(OC(C)C(=O)OCC)c4)c(C)n(C)c3c2)cc1. The Morgan fingerprint density at radius 3 is 2.41 bits per heavy atom. The molecule has 6 nitrogen and oxygen atoms in total. The van der Waals surface area contributed by atoms with Gasteiger partial charge in [0.15, 0.2) is 6.10 Å². The van der Waals surface area contributed by atoms with E-state index >= 15 is 0 Å². The molecule has 3 aromatic carbocycles. The van der Waals surface area contributed by atoms with E-state index in [0.717, 1.165) is 34.1 Å². The van der Waals surface area contributed by atoms with Gasteiger partial charge in [-0.3, -0.25) is 4.79 Å². The van der Waals surface area contributed by atoms with Crippen molar-refractivity contribution < 1.29 is 19.1 Å². The number of rotatable bonds is 12. The number of unbranched alkanes of at least 4 members (excludes halogenated alkanes) is 1. The van der Waals surface area contributed by atoms with Crippen molar-refractivity contribution in [2.75, 3.05) is 6.61 Å². The van der Waals surface area contributed by atoms with Gasteiger partial charge in [-0.15, -0.1) is 0 Å². The molecule has 1 amide bonds. The third-order valence-electron chi connectivity index (χ3n) is 7.74. The second kappa shape index (κ2) is 13.5. The van der Waals surface area contributed by atoms with Gasteiger partial charge in [-0.2, -0.15) is 0 Å². The highest BCUT2D eigenvalue weighted by molar-refractivity contribution is 5.99. The number of hydrogen-bond donors (Lipinski definition) is 1. The van der Waals surface area contributed by atoms with Crippen LogP contribution in [-0.4, -0.2) is 29.2 Å². The van der Waals surface area contributed by atoms with Crippen molar-refractivity contribution >= 4 is 22.8 Å². The fourth-order valence-corrected chi connectivity index (χ4v) is 5.17. The summed E-state index contributed by atoms with van der Waals surface area (Å²) in [6.07, 6.45) is 3.47. The molecule has 2 atom stereocenters. The highest BCUT2D eigenvalue weighted by Gasteiger charge is 2.18. The summed E-state index contributed by atoms with van der Waals surface area (Å²) in [5, 5.41) is 4.28. The third-order valence-corrected chi connectivity index (χ3v) is 7.74. The zero-order chi connectivity index (χ0) is 29.5. The van der Waals surface area contributed by atoms with Crippen LogP contribution in [0.15, 0.2) is 66.7 Å². The molecule has 0 spiro atoms. The predicted molar refractivity (Wildman–Crippen MR) is 165 cm³/mol. The first-order valence-electron chi connectivity index (χ1n) is 14.6. The minimum absolute atomic E-state index is 0.0876. The topological polar surface area (TPSA) is 69.6 Å². The molecule has 0 aliphatic heterocycles. The Hall–Kier alpha value is -4.06. The second-order valence-corrected chi connectivity index (χ2v) is 10.7. The molecule has 41 heavy (non-hydrogen) atoms. The number of nitrogens with zero attached hydrogens (tertiary/aromatic N) is 1. The van der Waals surface area contributed by atoms with Crippen LogP contribution < -0.4 is 10.1 Å². The van der Waals surface area contributed by atoms with Crippen molar-refractivity contribution in [2.45, 2.75) is 72.4 Å². The first-order chi connectivity index (χ1) is 19.7. The van der Waals surface area contributed by atoms with Crippen LogP contribution in [0.1, 0.15) is 84.9 Å². The number of ether oxygens (including phenoxy) is 2. The Balaban J connectivity index is 1.49. The van der Waals surface area contributed by atoms with E-state index in [2.05, 4.69) is 54.1 Å². The van der Waals surface area contributed by atoms with E-state index < -0.39 is 6.10 Å². The minimum atomic E-state index is -0.679. The van der Waals surface area contributed by atoms with E-state index in [4.69, 9.17) is 9.47 Å². The zero-order valence-electron chi connectivity index (χ0n) is 25.1. The van der Waals surface area contributed by atoms with Crippen LogP contribution >= 0.6 is 0 Å². The lowest BCUT2D eigenvalue weighted by Crippen LogP contribution is -2.26. The van der Waals surface area contributed by atoms with Crippen molar-refractivity contribution in [2.24, 2.45) is 7.05 Å². The molecule has 0 saturated heterocycles. The van der Waals surface area contributed by atoms with Gasteiger partial charge in [-0.25, -0.2) is 4.79 Å². The summed E-state index contributed by atoms with van der Waals surface area (Å²) in [5.41, 5.74) is 7.49. The molecule has 1 N–H and O–H groups in total. The second-order valence-electron chi connectivity index (χ2n) is 10.7.